The number of aryl methyl sites for hydroxylation is 1. The maximum absolute atomic E-state index is 11.8. The van der Waals surface area contributed by atoms with E-state index in [0.717, 1.165) is 10.2 Å². The average Bonchev–Trinajstić information content (AvgIpc) is 2.23. The number of carbonyl (C=O) groups excluding carboxylic acids is 1. The van der Waals surface area contributed by atoms with Crippen molar-refractivity contribution in [2.45, 2.75) is 26.3 Å². The third kappa shape index (κ3) is 3.02. The van der Waals surface area contributed by atoms with E-state index < -0.39 is 5.54 Å². The number of rotatable bonds is 3. The lowest BCUT2D eigenvalue weighted by molar-refractivity contribution is -0.121. The van der Waals surface area contributed by atoms with Gasteiger partial charge in [0.1, 0.15) is 5.82 Å². The quantitative estimate of drug-likeness (QED) is 0.894. The summed E-state index contributed by atoms with van der Waals surface area (Å²) in [6, 6.07) is 3.63. The van der Waals surface area contributed by atoms with Crippen molar-refractivity contribution in [2.24, 2.45) is 0 Å². The Bertz CT molecular complexity index is 404. The van der Waals surface area contributed by atoms with Crippen LogP contribution in [-0.2, 0) is 4.79 Å². The molecule has 1 rings (SSSR count). The fourth-order valence-corrected chi connectivity index (χ4v) is 1.22. The van der Waals surface area contributed by atoms with E-state index in [1.165, 1.54) is 0 Å². The number of halogens is 1. The Balaban J connectivity index is 2.82. The standard InChI is InChI=1S/C11H16BrN3O/c1-7-8(12)5-6-9(14-7)15-10(16)11(2,3)13-4/h5-6,13H,1-4H3,(H,14,15,16). The predicted molar refractivity (Wildman–Crippen MR) is 68.4 cm³/mol. The zero-order valence-corrected chi connectivity index (χ0v) is 11.5. The van der Waals surface area contributed by atoms with Gasteiger partial charge in [0.25, 0.3) is 0 Å². The minimum absolute atomic E-state index is 0.107. The van der Waals surface area contributed by atoms with Gasteiger partial charge >= 0.3 is 0 Å². The van der Waals surface area contributed by atoms with Gasteiger partial charge in [0.05, 0.1) is 11.2 Å². The Kier molecular flexibility index (Phi) is 4.04. The number of hydrogen-bond donors (Lipinski definition) is 2. The van der Waals surface area contributed by atoms with Crippen LogP contribution in [-0.4, -0.2) is 23.5 Å². The number of nitrogens with one attached hydrogen (secondary N) is 2. The van der Waals surface area contributed by atoms with Gasteiger partial charge in [0, 0.05) is 4.47 Å². The summed E-state index contributed by atoms with van der Waals surface area (Å²) < 4.78 is 0.929. The zero-order chi connectivity index (χ0) is 12.3. The highest BCUT2D eigenvalue weighted by molar-refractivity contribution is 9.10. The molecule has 0 unspecified atom stereocenters. The first kappa shape index (κ1) is 13.1. The molecule has 0 saturated carbocycles. The summed E-state index contributed by atoms with van der Waals surface area (Å²) in [6.45, 7) is 5.51. The van der Waals surface area contributed by atoms with Crippen LogP contribution in [0.25, 0.3) is 0 Å². The third-order valence-corrected chi connectivity index (χ3v) is 3.29. The molecule has 1 aromatic rings. The van der Waals surface area contributed by atoms with Crippen molar-refractivity contribution < 1.29 is 4.79 Å². The van der Waals surface area contributed by atoms with Crippen molar-refractivity contribution in [2.75, 3.05) is 12.4 Å². The summed E-state index contributed by atoms with van der Waals surface area (Å²) in [5.74, 6) is 0.457. The number of hydrogen-bond acceptors (Lipinski definition) is 3. The van der Waals surface area contributed by atoms with E-state index >= 15 is 0 Å². The van der Waals surface area contributed by atoms with Crippen LogP contribution in [0.4, 0.5) is 5.82 Å². The van der Waals surface area contributed by atoms with Crippen molar-refractivity contribution in [3.63, 3.8) is 0 Å². The normalized spacial score (nSPS) is 11.3. The molecule has 4 nitrogen and oxygen atoms in total. The highest BCUT2D eigenvalue weighted by Crippen LogP contribution is 2.17. The van der Waals surface area contributed by atoms with Crippen LogP contribution < -0.4 is 10.6 Å². The summed E-state index contributed by atoms with van der Waals surface area (Å²) in [5.41, 5.74) is 0.239. The fourth-order valence-electron chi connectivity index (χ4n) is 1.000. The molecule has 1 heterocycles. The van der Waals surface area contributed by atoms with Crippen LogP contribution in [0.2, 0.25) is 0 Å². The Hall–Kier alpha value is -0.940. The highest BCUT2D eigenvalue weighted by atomic mass is 79.9. The Morgan fingerprint density at radius 1 is 1.44 bits per heavy atom. The number of amides is 1. The second-order valence-corrected chi connectivity index (χ2v) is 4.95. The summed E-state index contributed by atoms with van der Waals surface area (Å²) in [6.07, 6.45) is 0. The van der Waals surface area contributed by atoms with E-state index in [2.05, 4.69) is 31.5 Å². The average molecular weight is 286 g/mol. The number of carbonyl (C=O) groups is 1. The molecule has 0 atom stereocenters. The molecule has 2 N–H and O–H groups in total. The molecule has 0 aliphatic rings. The lowest BCUT2D eigenvalue weighted by Gasteiger charge is -2.22. The predicted octanol–water partition coefficient (Wildman–Crippen LogP) is 2.09. The van der Waals surface area contributed by atoms with Crippen molar-refractivity contribution in [3.8, 4) is 0 Å². The number of likely N-dealkylation sites (N-methyl/N-ethyl adjacent to an activating group) is 1. The molecule has 5 heteroatoms. The maximum Gasteiger partial charge on any atom is 0.245 e. The Labute approximate surface area is 104 Å². The van der Waals surface area contributed by atoms with Crippen LogP contribution in [0, 0.1) is 6.92 Å². The number of pyridine rings is 1. The minimum atomic E-state index is -0.608. The first-order chi connectivity index (χ1) is 7.36. The molecule has 16 heavy (non-hydrogen) atoms. The van der Waals surface area contributed by atoms with Crippen LogP contribution in [0.5, 0.6) is 0 Å². The van der Waals surface area contributed by atoms with Gasteiger partial charge in [0.2, 0.25) is 5.91 Å². The van der Waals surface area contributed by atoms with Crippen LogP contribution in [0.15, 0.2) is 16.6 Å². The molecule has 0 aromatic carbocycles. The van der Waals surface area contributed by atoms with Gasteiger partial charge in [-0.1, -0.05) is 0 Å². The third-order valence-electron chi connectivity index (χ3n) is 2.46. The molecule has 1 aromatic heterocycles. The molecule has 1 amide bonds. The van der Waals surface area contributed by atoms with E-state index in [1.54, 1.807) is 13.1 Å². The van der Waals surface area contributed by atoms with Crippen LogP contribution in [0.1, 0.15) is 19.5 Å². The Morgan fingerprint density at radius 2 is 2.06 bits per heavy atom. The summed E-state index contributed by atoms with van der Waals surface area (Å²) in [7, 11) is 1.75. The molecule has 0 bridgehead atoms. The first-order valence-electron chi connectivity index (χ1n) is 5.00. The largest absolute Gasteiger partial charge is 0.309 e. The summed E-state index contributed by atoms with van der Waals surface area (Å²) >= 11 is 3.36. The van der Waals surface area contributed by atoms with Gasteiger partial charge in [-0.25, -0.2) is 4.98 Å². The van der Waals surface area contributed by atoms with E-state index in [1.807, 2.05) is 26.8 Å². The van der Waals surface area contributed by atoms with Crippen molar-refractivity contribution in [3.05, 3.63) is 22.3 Å². The van der Waals surface area contributed by atoms with Crippen LogP contribution in [0.3, 0.4) is 0 Å². The van der Waals surface area contributed by atoms with Crippen LogP contribution >= 0.6 is 15.9 Å². The topological polar surface area (TPSA) is 54.0 Å². The maximum atomic E-state index is 11.8. The van der Waals surface area contributed by atoms with E-state index in [4.69, 9.17) is 0 Å². The smallest absolute Gasteiger partial charge is 0.245 e. The molecular weight excluding hydrogens is 270 g/mol. The lowest BCUT2D eigenvalue weighted by Crippen LogP contribution is -2.48. The monoisotopic (exact) mass is 285 g/mol. The van der Waals surface area contributed by atoms with E-state index in [0.29, 0.717) is 5.82 Å². The van der Waals surface area contributed by atoms with Gasteiger partial charge in [-0.3, -0.25) is 4.79 Å². The first-order valence-corrected chi connectivity index (χ1v) is 5.79. The second-order valence-electron chi connectivity index (χ2n) is 4.09. The van der Waals surface area contributed by atoms with Crippen molar-refractivity contribution >= 4 is 27.7 Å². The fraction of sp³-hybridized carbons (Fsp3) is 0.455. The molecule has 0 saturated heterocycles. The van der Waals surface area contributed by atoms with Gasteiger partial charge < -0.3 is 10.6 Å². The zero-order valence-electron chi connectivity index (χ0n) is 9.89. The molecule has 0 spiro atoms. The van der Waals surface area contributed by atoms with Gasteiger partial charge in [-0.15, -0.1) is 0 Å². The molecular formula is C11H16BrN3O. The summed E-state index contributed by atoms with van der Waals surface area (Å²) in [4.78, 5) is 16.1. The van der Waals surface area contributed by atoms with Crippen molar-refractivity contribution in [1.82, 2.24) is 10.3 Å². The SMILES string of the molecule is CNC(C)(C)C(=O)Nc1ccc(Br)c(C)n1. The van der Waals surface area contributed by atoms with Crippen molar-refractivity contribution in [1.29, 1.82) is 0 Å². The lowest BCUT2D eigenvalue weighted by atomic mass is 10.1. The molecule has 0 aliphatic heterocycles. The molecule has 0 fully saturated rings. The van der Waals surface area contributed by atoms with Gasteiger partial charge in [-0.05, 0) is 55.9 Å². The second kappa shape index (κ2) is 4.93. The number of nitrogens with zero attached hydrogens (tertiary/aromatic N) is 1. The molecule has 88 valence electrons. The molecule has 0 aliphatic carbocycles. The van der Waals surface area contributed by atoms with E-state index in [-0.39, 0.29) is 5.91 Å². The van der Waals surface area contributed by atoms with E-state index in [9.17, 15) is 4.79 Å². The highest BCUT2D eigenvalue weighted by Gasteiger charge is 2.25. The van der Waals surface area contributed by atoms with Gasteiger partial charge in [-0.2, -0.15) is 0 Å². The van der Waals surface area contributed by atoms with Gasteiger partial charge in [0.15, 0.2) is 0 Å². The number of aromatic nitrogens is 1. The Morgan fingerprint density at radius 3 is 2.56 bits per heavy atom. The molecule has 0 radical (unpaired) electrons. The summed E-state index contributed by atoms with van der Waals surface area (Å²) in [5, 5.41) is 5.71. The number of anilines is 1. The minimum Gasteiger partial charge on any atom is -0.309 e.